The standard InChI is InChI=1S/C18H14N4O/c1-11-4-2-9-20-17(11)22-18(23)14-10-13-7-6-12-5-3-8-19-15(12)16(13)21-14/h2-10,21H,1H3,(H,20,22,23). The van der Waals surface area contributed by atoms with Crippen LogP contribution in [0, 0.1) is 6.92 Å². The van der Waals surface area contributed by atoms with Gasteiger partial charge in [-0.15, -0.1) is 0 Å². The molecule has 4 aromatic rings. The van der Waals surface area contributed by atoms with E-state index in [4.69, 9.17) is 0 Å². The average Bonchev–Trinajstić information content (AvgIpc) is 3.02. The fraction of sp³-hybridized carbons (Fsp3) is 0.0556. The molecule has 2 N–H and O–H groups in total. The zero-order valence-corrected chi connectivity index (χ0v) is 12.5. The Labute approximate surface area is 132 Å². The molecular weight excluding hydrogens is 288 g/mol. The number of aromatic amines is 1. The number of aromatic nitrogens is 3. The number of rotatable bonds is 2. The predicted molar refractivity (Wildman–Crippen MR) is 90.5 cm³/mol. The number of nitrogens with one attached hydrogen (secondary N) is 2. The van der Waals surface area contributed by atoms with E-state index in [2.05, 4.69) is 20.3 Å². The third kappa shape index (κ3) is 2.32. The lowest BCUT2D eigenvalue weighted by atomic mass is 10.1. The molecule has 23 heavy (non-hydrogen) atoms. The van der Waals surface area contributed by atoms with Gasteiger partial charge in [0, 0.05) is 23.2 Å². The third-order valence-corrected chi connectivity index (χ3v) is 3.85. The quantitative estimate of drug-likeness (QED) is 0.593. The van der Waals surface area contributed by atoms with Crippen LogP contribution < -0.4 is 5.32 Å². The first-order valence-corrected chi connectivity index (χ1v) is 7.32. The van der Waals surface area contributed by atoms with Crippen molar-refractivity contribution in [1.82, 2.24) is 15.0 Å². The summed E-state index contributed by atoms with van der Waals surface area (Å²) in [6.07, 6.45) is 3.41. The summed E-state index contributed by atoms with van der Waals surface area (Å²) in [5, 5.41) is 4.83. The first kappa shape index (κ1) is 13.5. The van der Waals surface area contributed by atoms with Crippen LogP contribution >= 0.6 is 0 Å². The molecule has 0 fully saturated rings. The number of carbonyl (C=O) groups is 1. The normalized spacial score (nSPS) is 11.0. The predicted octanol–water partition coefficient (Wildman–Crippen LogP) is 3.67. The number of nitrogens with zero attached hydrogens (tertiary/aromatic N) is 2. The van der Waals surface area contributed by atoms with Gasteiger partial charge in [-0.25, -0.2) is 4.98 Å². The van der Waals surface area contributed by atoms with Crippen LogP contribution in [0.3, 0.4) is 0 Å². The SMILES string of the molecule is Cc1cccnc1NC(=O)c1cc2ccc3cccnc3c2[nH]1. The number of hydrogen-bond donors (Lipinski definition) is 2. The maximum atomic E-state index is 12.5. The number of pyridine rings is 2. The molecule has 0 spiro atoms. The van der Waals surface area contributed by atoms with Crippen LogP contribution in [0.15, 0.2) is 54.9 Å². The van der Waals surface area contributed by atoms with Gasteiger partial charge in [-0.05, 0) is 30.7 Å². The molecule has 4 rings (SSSR count). The van der Waals surface area contributed by atoms with Gasteiger partial charge in [0.2, 0.25) is 0 Å². The second kappa shape index (κ2) is 5.21. The minimum absolute atomic E-state index is 0.216. The highest BCUT2D eigenvalue weighted by atomic mass is 16.1. The summed E-state index contributed by atoms with van der Waals surface area (Å²) in [5.41, 5.74) is 3.14. The summed E-state index contributed by atoms with van der Waals surface area (Å²) in [7, 11) is 0. The van der Waals surface area contributed by atoms with Gasteiger partial charge in [0.1, 0.15) is 11.5 Å². The van der Waals surface area contributed by atoms with E-state index in [0.29, 0.717) is 11.5 Å². The number of aryl methyl sites for hydroxylation is 1. The van der Waals surface area contributed by atoms with Crippen molar-refractivity contribution < 1.29 is 4.79 Å². The molecule has 0 saturated heterocycles. The number of amides is 1. The molecule has 3 aromatic heterocycles. The minimum atomic E-state index is -0.216. The molecule has 112 valence electrons. The van der Waals surface area contributed by atoms with E-state index in [9.17, 15) is 4.79 Å². The van der Waals surface area contributed by atoms with E-state index < -0.39 is 0 Å². The Balaban J connectivity index is 1.76. The number of H-pyrrole nitrogens is 1. The maximum Gasteiger partial charge on any atom is 0.273 e. The lowest BCUT2D eigenvalue weighted by Crippen LogP contribution is -2.14. The van der Waals surface area contributed by atoms with Crippen molar-refractivity contribution in [2.75, 3.05) is 5.32 Å². The van der Waals surface area contributed by atoms with E-state index in [1.54, 1.807) is 12.4 Å². The number of hydrogen-bond acceptors (Lipinski definition) is 3. The Kier molecular flexibility index (Phi) is 3.05. The van der Waals surface area contributed by atoms with Crippen LogP contribution in [0.25, 0.3) is 21.8 Å². The molecule has 0 radical (unpaired) electrons. The van der Waals surface area contributed by atoms with E-state index in [-0.39, 0.29) is 5.91 Å². The van der Waals surface area contributed by atoms with Gasteiger partial charge >= 0.3 is 0 Å². The Morgan fingerprint density at radius 3 is 2.70 bits per heavy atom. The second-order valence-corrected chi connectivity index (χ2v) is 5.41. The van der Waals surface area contributed by atoms with Crippen LogP contribution in [0.5, 0.6) is 0 Å². The van der Waals surface area contributed by atoms with Crippen molar-refractivity contribution in [3.63, 3.8) is 0 Å². The average molecular weight is 302 g/mol. The fourth-order valence-corrected chi connectivity index (χ4v) is 2.65. The monoisotopic (exact) mass is 302 g/mol. The number of carbonyl (C=O) groups excluding carboxylic acids is 1. The Hall–Kier alpha value is -3.21. The molecule has 3 heterocycles. The van der Waals surface area contributed by atoms with Crippen molar-refractivity contribution in [2.24, 2.45) is 0 Å². The Bertz CT molecular complexity index is 1040. The second-order valence-electron chi connectivity index (χ2n) is 5.41. The van der Waals surface area contributed by atoms with Gasteiger partial charge in [-0.3, -0.25) is 9.78 Å². The molecule has 0 saturated carbocycles. The molecule has 0 aliphatic carbocycles. The smallest absolute Gasteiger partial charge is 0.273 e. The third-order valence-electron chi connectivity index (χ3n) is 3.85. The molecule has 0 bridgehead atoms. The molecule has 5 heteroatoms. The lowest BCUT2D eigenvalue weighted by molar-refractivity contribution is 0.102. The number of benzene rings is 1. The van der Waals surface area contributed by atoms with Gasteiger partial charge in [-0.2, -0.15) is 0 Å². The lowest BCUT2D eigenvalue weighted by Gasteiger charge is -2.05. The van der Waals surface area contributed by atoms with Crippen molar-refractivity contribution in [3.8, 4) is 0 Å². The van der Waals surface area contributed by atoms with Gasteiger partial charge in [0.25, 0.3) is 5.91 Å². The zero-order chi connectivity index (χ0) is 15.8. The van der Waals surface area contributed by atoms with Crippen LogP contribution in [-0.2, 0) is 0 Å². The van der Waals surface area contributed by atoms with E-state index >= 15 is 0 Å². The summed E-state index contributed by atoms with van der Waals surface area (Å²) in [4.78, 5) is 24.2. The summed E-state index contributed by atoms with van der Waals surface area (Å²) in [6.45, 7) is 1.91. The minimum Gasteiger partial charge on any atom is -0.349 e. The first-order valence-electron chi connectivity index (χ1n) is 7.32. The van der Waals surface area contributed by atoms with Crippen LogP contribution in [0.2, 0.25) is 0 Å². The number of anilines is 1. The van der Waals surface area contributed by atoms with Gasteiger partial charge in [0.05, 0.1) is 11.0 Å². The molecule has 1 amide bonds. The highest BCUT2D eigenvalue weighted by Gasteiger charge is 2.13. The zero-order valence-electron chi connectivity index (χ0n) is 12.5. The molecular formula is C18H14N4O. The van der Waals surface area contributed by atoms with Crippen LogP contribution in [-0.4, -0.2) is 20.9 Å². The van der Waals surface area contributed by atoms with Gasteiger partial charge < -0.3 is 10.3 Å². The van der Waals surface area contributed by atoms with E-state index in [0.717, 1.165) is 27.4 Å². The molecule has 0 unspecified atom stereocenters. The first-order chi connectivity index (χ1) is 11.2. The molecule has 0 atom stereocenters. The van der Waals surface area contributed by atoms with Gasteiger partial charge in [0.15, 0.2) is 0 Å². The van der Waals surface area contributed by atoms with Crippen LogP contribution in [0.4, 0.5) is 5.82 Å². The Morgan fingerprint density at radius 2 is 1.83 bits per heavy atom. The van der Waals surface area contributed by atoms with Crippen LogP contribution in [0.1, 0.15) is 16.1 Å². The van der Waals surface area contributed by atoms with Crippen molar-refractivity contribution >= 4 is 33.5 Å². The summed E-state index contributed by atoms with van der Waals surface area (Å²) in [5.74, 6) is 0.353. The number of fused-ring (bicyclic) bond motifs is 3. The highest BCUT2D eigenvalue weighted by Crippen LogP contribution is 2.24. The molecule has 0 aliphatic heterocycles. The molecule has 1 aromatic carbocycles. The Morgan fingerprint density at radius 1 is 1.04 bits per heavy atom. The van der Waals surface area contributed by atoms with E-state index in [1.165, 1.54) is 0 Å². The summed E-state index contributed by atoms with van der Waals surface area (Å²) >= 11 is 0. The summed E-state index contributed by atoms with van der Waals surface area (Å²) < 4.78 is 0. The maximum absolute atomic E-state index is 12.5. The summed E-state index contributed by atoms with van der Waals surface area (Å²) in [6, 6.07) is 13.5. The van der Waals surface area contributed by atoms with Crippen molar-refractivity contribution in [2.45, 2.75) is 6.92 Å². The van der Waals surface area contributed by atoms with Crippen molar-refractivity contribution in [1.29, 1.82) is 0 Å². The molecule has 5 nitrogen and oxygen atoms in total. The van der Waals surface area contributed by atoms with Gasteiger partial charge in [-0.1, -0.05) is 24.3 Å². The van der Waals surface area contributed by atoms with E-state index in [1.807, 2.05) is 49.4 Å². The fourth-order valence-electron chi connectivity index (χ4n) is 2.65. The molecule has 0 aliphatic rings. The topological polar surface area (TPSA) is 70.7 Å². The largest absolute Gasteiger partial charge is 0.349 e. The van der Waals surface area contributed by atoms with Crippen molar-refractivity contribution in [3.05, 3.63) is 66.1 Å². The highest BCUT2D eigenvalue weighted by molar-refractivity contribution is 6.10.